The number of aromatic nitrogens is 2. The third-order valence-electron chi connectivity index (χ3n) is 4.80. The second-order valence-corrected chi connectivity index (χ2v) is 6.81. The Kier molecular flexibility index (Phi) is 5.22. The third-order valence-corrected chi connectivity index (χ3v) is 4.80. The largest absolute Gasteiger partial charge is 0.486 e. The molecule has 1 aliphatic heterocycles. The van der Waals surface area contributed by atoms with Crippen LogP contribution in [0.5, 0.6) is 11.5 Å². The van der Waals surface area contributed by atoms with Crippen molar-refractivity contribution in [3.8, 4) is 23.3 Å². The monoisotopic (exact) mass is 400 g/mol. The van der Waals surface area contributed by atoms with Crippen LogP contribution in [0, 0.1) is 25.2 Å². The van der Waals surface area contributed by atoms with Gasteiger partial charge in [-0.15, -0.1) is 0 Å². The number of ether oxygens (including phenoxy) is 2. The van der Waals surface area contributed by atoms with Gasteiger partial charge in [0.25, 0.3) is 5.91 Å². The molecule has 1 amide bonds. The first kappa shape index (κ1) is 19.3. The van der Waals surface area contributed by atoms with E-state index in [0.717, 1.165) is 22.6 Å². The molecular formula is C23H20N4O3. The van der Waals surface area contributed by atoms with Crippen LogP contribution in [0.4, 0.5) is 5.69 Å². The number of aryl methyl sites for hydroxylation is 1. The van der Waals surface area contributed by atoms with Crippen LogP contribution in [0.1, 0.15) is 17.0 Å². The van der Waals surface area contributed by atoms with Crippen LogP contribution in [0.15, 0.2) is 54.1 Å². The number of fused-ring (bicyclic) bond motifs is 1. The number of hydrogen-bond donors (Lipinski definition) is 1. The van der Waals surface area contributed by atoms with Gasteiger partial charge < -0.3 is 14.8 Å². The Hall–Kier alpha value is -4.05. The van der Waals surface area contributed by atoms with Crippen molar-refractivity contribution in [3.63, 3.8) is 0 Å². The number of hydrogen-bond acceptors (Lipinski definition) is 5. The molecule has 0 atom stereocenters. The molecule has 2 heterocycles. The van der Waals surface area contributed by atoms with Gasteiger partial charge in [0.1, 0.15) is 24.9 Å². The standard InChI is InChI=1S/C23H20N4O3/c1-15-20(16(2)27(26-15)19-6-4-3-5-7-19)12-17(14-24)23(28)25-18-8-9-21-22(13-18)30-11-10-29-21/h3-9,12-13H,10-11H2,1-2H3,(H,25,28)/b17-12+. The molecule has 30 heavy (non-hydrogen) atoms. The highest BCUT2D eigenvalue weighted by atomic mass is 16.6. The second kappa shape index (κ2) is 8.13. The molecule has 0 fully saturated rings. The number of nitrogens with one attached hydrogen (secondary N) is 1. The summed E-state index contributed by atoms with van der Waals surface area (Å²) in [6, 6.07) is 16.8. The zero-order chi connectivity index (χ0) is 21.1. The predicted molar refractivity (Wildman–Crippen MR) is 113 cm³/mol. The van der Waals surface area contributed by atoms with E-state index in [1.54, 1.807) is 29.0 Å². The summed E-state index contributed by atoms with van der Waals surface area (Å²) in [7, 11) is 0. The molecule has 2 aromatic carbocycles. The van der Waals surface area contributed by atoms with Gasteiger partial charge in [0, 0.05) is 23.0 Å². The van der Waals surface area contributed by atoms with E-state index in [2.05, 4.69) is 10.4 Å². The van der Waals surface area contributed by atoms with E-state index in [1.165, 1.54) is 0 Å². The molecule has 1 aromatic heterocycles. The zero-order valence-corrected chi connectivity index (χ0v) is 16.7. The van der Waals surface area contributed by atoms with Crippen molar-refractivity contribution in [2.75, 3.05) is 18.5 Å². The zero-order valence-electron chi connectivity index (χ0n) is 16.7. The van der Waals surface area contributed by atoms with Crippen molar-refractivity contribution in [3.05, 3.63) is 71.1 Å². The van der Waals surface area contributed by atoms with E-state index in [1.807, 2.05) is 50.2 Å². The molecule has 4 rings (SSSR count). The molecule has 7 heteroatoms. The van der Waals surface area contributed by atoms with Crippen molar-refractivity contribution in [1.29, 1.82) is 5.26 Å². The molecule has 3 aromatic rings. The number of anilines is 1. The van der Waals surface area contributed by atoms with Crippen molar-refractivity contribution in [2.24, 2.45) is 0 Å². The Morgan fingerprint density at radius 1 is 1.13 bits per heavy atom. The van der Waals surface area contributed by atoms with Crippen molar-refractivity contribution in [2.45, 2.75) is 13.8 Å². The number of carbonyl (C=O) groups excluding carboxylic acids is 1. The summed E-state index contributed by atoms with van der Waals surface area (Å²) in [5.41, 5.74) is 3.75. The van der Waals surface area contributed by atoms with E-state index in [0.29, 0.717) is 30.4 Å². The summed E-state index contributed by atoms with van der Waals surface area (Å²) in [4.78, 5) is 12.7. The Morgan fingerprint density at radius 3 is 2.60 bits per heavy atom. The molecule has 0 aliphatic carbocycles. The van der Waals surface area contributed by atoms with Gasteiger partial charge in [0.05, 0.1) is 11.4 Å². The molecule has 0 spiro atoms. The predicted octanol–water partition coefficient (Wildman–Crippen LogP) is 3.81. The van der Waals surface area contributed by atoms with Crippen LogP contribution < -0.4 is 14.8 Å². The lowest BCUT2D eigenvalue weighted by atomic mass is 10.1. The molecule has 1 aliphatic rings. The maximum absolute atomic E-state index is 12.7. The fourth-order valence-electron chi connectivity index (χ4n) is 3.30. The van der Waals surface area contributed by atoms with Gasteiger partial charge in [-0.2, -0.15) is 10.4 Å². The number of rotatable bonds is 4. The van der Waals surface area contributed by atoms with Gasteiger partial charge in [-0.1, -0.05) is 18.2 Å². The Bertz CT molecular complexity index is 1170. The first-order valence-corrected chi connectivity index (χ1v) is 9.51. The summed E-state index contributed by atoms with van der Waals surface area (Å²) in [6.45, 7) is 4.71. The molecule has 0 saturated heterocycles. The lowest BCUT2D eigenvalue weighted by Crippen LogP contribution is -2.17. The van der Waals surface area contributed by atoms with Crippen molar-refractivity contribution in [1.82, 2.24) is 9.78 Å². The van der Waals surface area contributed by atoms with E-state index in [4.69, 9.17) is 9.47 Å². The number of benzene rings is 2. The fraction of sp³-hybridized carbons (Fsp3) is 0.174. The highest BCUT2D eigenvalue weighted by Crippen LogP contribution is 2.32. The first-order chi connectivity index (χ1) is 14.6. The van der Waals surface area contributed by atoms with Gasteiger partial charge in [0.2, 0.25) is 0 Å². The maximum atomic E-state index is 12.7. The van der Waals surface area contributed by atoms with E-state index < -0.39 is 5.91 Å². The lowest BCUT2D eigenvalue weighted by Gasteiger charge is -2.18. The summed E-state index contributed by atoms with van der Waals surface area (Å²) in [5, 5.41) is 16.9. The van der Waals surface area contributed by atoms with Gasteiger partial charge in [-0.05, 0) is 44.2 Å². The Morgan fingerprint density at radius 2 is 1.87 bits per heavy atom. The molecule has 0 saturated carbocycles. The smallest absolute Gasteiger partial charge is 0.266 e. The molecule has 0 bridgehead atoms. The minimum atomic E-state index is -0.500. The molecule has 0 radical (unpaired) electrons. The normalized spacial score (nSPS) is 12.9. The van der Waals surface area contributed by atoms with Crippen LogP contribution in [0.2, 0.25) is 0 Å². The minimum absolute atomic E-state index is 0.0105. The first-order valence-electron chi connectivity index (χ1n) is 9.51. The highest BCUT2D eigenvalue weighted by Gasteiger charge is 2.17. The van der Waals surface area contributed by atoms with Crippen molar-refractivity contribution >= 4 is 17.7 Å². The van der Waals surface area contributed by atoms with Gasteiger partial charge >= 0.3 is 0 Å². The number of nitriles is 1. The van der Waals surface area contributed by atoms with E-state index >= 15 is 0 Å². The Labute approximate surface area is 174 Å². The van der Waals surface area contributed by atoms with Crippen molar-refractivity contribution < 1.29 is 14.3 Å². The van der Waals surface area contributed by atoms with Crippen LogP contribution in [0.25, 0.3) is 11.8 Å². The summed E-state index contributed by atoms with van der Waals surface area (Å²) < 4.78 is 12.8. The molecule has 0 unspecified atom stereocenters. The van der Waals surface area contributed by atoms with E-state index in [9.17, 15) is 10.1 Å². The maximum Gasteiger partial charge on any atom is 0.266 e. The minimum Gasteiger partial charge on any atom is -0.486 e. The number of carbonyl (C=O) groups is 1. The van der Waals surface area contributed by atoms with Crippen LogP contribution in [0.3, 0.4) is 0 Å². The van der Waals surface area contributed by atoms with Crippen LogP contribution in [-0.2, 0) is 4.79 Å². The number of para-hydroxylation sites is 1. The average Bonchev–Trinajstić information content (AvgIpc) is 3.05. The SMILES string of the molecule is Cc1nn(-c2ccccc2)c(C)c1/C=C(\C#N)C(=O)Nc1ccc2c(c1)OCCO2. The quantitative estimate of drug-likeness (QED) is 0.531. The average molecular weight is 400 g/mol. The number of amides is 1. The lowest BCUT2D eigenvalue weighted by molar-refractivity contribution is -0.112. The third kappa shape index (κ3) is 3.76. The summed E-state index contributed by atoms with van der Waals surface area (Å²) in [5.74, 6) is 0.702. The molecule has 150 valence electrons. The van der Waals surface area contributed by atoms with Gasteiger partial charge in [0.15, 0.2) is 11.5 Å². The van der Waals surface area contributed by atoms with Crippen LogP contribution >= 0.6 is 0 Å². The van der Waals surface area contributed by atoms with Crippen LogP contribution in [-0.4, -0.2) is 28.9 Å². The highest BCUT2D eigenvalue weighted by molar-refractivity contribution is 6.09. The molecular weight excluding hydrogens is 380 g/mol. The second-order valence-electron chi connectivity index (χ2n) is 6.81. The fourth-order valence-corrected chi connectivity index (χ4v) is 3.30. The molecule has 1 N–H and O–H groups in total. The summed E-state index contributed by atoms with van der Waals surface area (Å²) >= 11 is 0. The Balaban J connectivity index is 1.60. The van der Waals surface area contributed by atoms with E-state index in [-0.39, 0.29) is 5.57 Å². The van der Waals surface area contributed by atoms with Gasteiger partial charge in [-0.3, -0.25) is 4.79 Å². The number of nitrogens with zero attached hydrogens (tertiary/aromatic N) is 3. The molecule has 7 nitrogen and oxygen atoms in total. The summed E-state index contributed by atoms with van der Waals surface area (Å²) in [6.07, 6.45) is 1.57. The topological polar surface area (TPSA) is 89.2 Å². The van der Waals surface area contributed by atoms with Gasteiger partial charge in [-0.25, -0.2) is 4.68 Å².